The van der Waals surface area contributed by atoms with Crippen molar-refractivity contribution in [3.63, 3.8) is 0 Å². The van der Waals surface area contributed by atoms with Crippen molar-refractivity contribution >= 4 is 22.0 Å². The van der Waals surface area contributed by atoms with Gasteiger partial charge in [-0.15, -0.1) is 0 Å². The Balaban J connectivity index is 3.33. The first kappa shape index (κ1) is 12.0. The SMILES string of the molecule is COc1cc(F)c(Br)c(/C=C/CN)c1O. The summed E-state index contributed by atoms with van der Waals surface area (Å²) in [6.45, 7) is 0.310. The van der Waals surface area contributed by atoms with Crippen LogP contribution < -0.4 is 10.5 Å². The van der Waals surface area contributed by atoms with E-state index in [4.69, 9.17) is 10.5 Å². The second kappa shape index (κ2) is 5.14. The van der Waals surface area contributed by atoms with Gasteiger partial charge in [-0.2, -0.15) is 0 Å². The average molecular weight is 276 g/mol. The Morgan fingerprint density at radius 2 is 2.33 bits per heavy atom. The molecule has 1 rings (SSSR count). The van der Waals surface area contributed by atoms with Crippen LogP contribution in [-0.2, 0) is 0 Å². The Morgan fingerprint density at radius 1 is 1.67 bits per heavy atom. The molecule has 0 amide bonds. The summed E-state index contributed by atoms with van der Waals surface area (Å²) in [4.78, 5) is 0. The van der Waals surface area contributed by atoms with Crippen molar-refractivity contribution in [1.82, 2.24) is 0 Å². The van der Waals surface area contributed by atoms with Crippen molar-refractivity contribution in [2.24, 2.45) is 5.73 Å². The number of rotatable bonds is 3. The van der Waals surface area contributed by atoms with E-state index in [2.05, 4.69) is 15.9 Å². The van der Waals surface area contributed by atoms with Crippen LogP contribution in [0, 0.1) is 5.82 Å². The van der Waals surface area contributed by atoms with Gasteiger partial charge in [-0.3, -0.25) is 0 Å². The minimum atomic E-state index is -0.499. The van der Waals surface area contributed by atoms with Gasteiger partial charge in [-0.05, 0) is 15.9 Å². The van der Waals surface area contributed by atoms with Gasteiger partial charge in [0.2, 0.25) is 0 Å². The number of methoxy groups -OCH3 is 1. The zero-order valence-electron chi connectivity index (χ0n) is 8.13. The van der Waals surface area contributed by atoms with E-state index in [1.807, 2.05) is 0 Å². The molecule has 0 aliphatic carbocycles. The van der Waals surface area contributed by atoms with E-state index in [0.717, 1.165) is 6.07 Å². The Labute approximate surface area is 95.5 Å². The maximum absolute atomic E-state index is 13.3. The highest BCUT2D eigenvalue weighted by molar-refractivity contribution is 9.10. The van der Waals surface area contributed by atoms with E-state index in [-0.39, 0.29) is 16.0 Å². The van der Waals surface area contributed by atoms with Gasteiger partial charge >= 0.3 is 0 Å². The molecule has 82 valence electrons. The fourth-order valence-corrected chi connectivity index (χ4v) is 1.54. The molecular formula is C10H11BrFNO2. The monoisotopic (exact) mass is 275 g/mol. The maximum atomic E-state index is 13.3. The number of benzene rings is 1. The first-order chi connectivity index (χ1) is 7.11. The van der Waals surface area contributed by atoms with Crippen LogP contribution in [0.1, 0.15) is 5.56 Å². The smallest absolute Gasteiger partial charge is 0.166 e. The van der Waals surface area contributed by atoms with Crippen LogP contribution in [0.15, 0.2) is 16.6 Å². The van der Waals surface area contributed by atoms with Gasteiger partial charge in [0.05, 0.1) is 11.6 Å². The Hall–Kier alpha value is -1.07. The molecule has 0 bridgehead atoms. The lowest BCUT2D eigenvalue weighted by atomic mass is 10.1. The number of halogens is 2. The topological polar surface area (TPSA) is 55.5 Å². The zero-order valence-corrected chi connectivity index (χ0v) is 9.71. The normalized spacial score (nSPS) is 10.9. The summed E-state index contributed by atoms with van der Waals surface area (Å²) in [5.41, 5.74) is 5.59. The van der Waals surface area contributed by atoms with E-state index < -0.39 is 5.82 Å². The third-order valence-corrected chi connectivity index (χ3v) is 2.64. The first-order valence-corrected chi connectivity index (χ1v) is 5.02. The van der Waals surface area contributed by atoms with E-state index in [1.165, 1.54) is 13.2 Å². The number of nitrogens with two attached hydrogens (primary N) is 1. The highest BCUT2D eigenvalue weighted by atomic mass is 79.9. The molecule has 1 aromatic carbocycles. The second-order valence-electron chi connectivity index (χ2n) is 2.77. The van der Waals surface area contributed by atoms with Gasteiger partial charge in [-0.25, -0.2) is 4.39 Å². The molecule has 0 spiro atoms. The molecule has 0 aromatic heterocycles. The fourth-order valence-electron chi connectivity index (χ4n) is 1.11. The molecule has 0 aliphatic rings. The Kier molecular flexibility index (Phi) is 4.11. The molecule has 0 unspecified atom stereocenters. The van der Waals surface area contributed by atoms with Crippen molar-refractivity contribution in [3.05, 3.63) is 28.0 Å². The molecule has 0 radical (unpaired) electrons. The highest BCUT2D eigenvalue weighted by Crippen LogP contribution is 2.37. The van der Waals surface area contributed by atoms with Crippen molar-refractivity contribution in [2.45, 2.75) is 0 Å². The van der Waals surface area contributed by atoms with Crippen LogP contribution in [-0.4, -0.2) is 18.8 Å². The van der Waals surface area contributed by atoms with E-state index in [0.29, 0.717) is 12.1 Å². The third-order valence-electron chi connectivity index (χ3n) is 1.83. The van der Waals surface area contributed by atoms with Crippen molar-refractivity contribution in [2.75, 3.05) is 13.7 Å². The van der Waals surface area contributed by atoms with E-state index >= 15 is 0 Å². The number of phenolic OH excluding ortho intramolecular Hbond substituents is 1. The molecule has 0 atom stereocenters. The minimum Gasteiger partial charge on any atom is -0.504 e. The first-order valence-electron chi connectivity index (χ1n) is 4.23. The van der Waals surface area contributed by atoms with Crippen LogP contribution in [0.25, 0.3) is 6.08 Å². The van der Waals surface area contributed by atoms with Crippen LogP contribution in [0.5, 0.6) is 11.5 Å². The predicted molar refractivity (Wildman–Crippen MR) is 60.4 cm³/mol. The average Bonchev–Trinajstić information content (AvgIpc) is 2.23. The molecule has 3 N–H and O–H groups in total. The zero-order chi connectivity index (χ0) is 11.4. The molecule has 0 heterocycles. The van der Waals surface area contributed by atoms with Crippen molar-refractivity contribution in [1.29, 1.82) is 0 Å². The van der Waals surface area contributed by atoms with Gasteiger partial charge in [0.15, 0.2) is 11.5 Å². The standard InChI is InChI=1S/C10H11BrFNO2/c1-15-8-5-7(12)9(11)6(10(8)14)3-2-4-13/h2-3,5,14H,4,13H2,1H3/b3-2+. The number of aromatic hydroxyl groups is 1. The van der Waals surface area contributed by atoms with Crippen LogP contribution in [0.3, 0.4) is 0 Å². The highest BCUT2D eigenvalue weighted by Gasteiger charge is 2.14. The quantitative estimate of drug-likeness (QED) is 0.890. The van der Waals surface area contributed by atoms with Crippen LogP contribution in [0.2, 0.25) is 0 Å². The van der Waals surface area contributed by atoms with E-state index in [9.17, 15) is 9.50 Å². The van der Waals surface area contributed by atoms with Gasteiger partial charge in [0.1, 0.15) is 5.82 Å². The summed E-state index contributed by atoms with van der Waals surface area (Å²) < 4.78 is 18.3. The molecule has 0 saturated heterocycles. The lowest BCUT2D eigenvalue weighted by Crippen LogP contribution is -1.94. The summed E-state index contributed by atoms with van der Waals surface area (Å²) in [6.07, 6.45) is 3.14. The largest absolute Gasteiger partial charge is 0.504 e. The fraction of sp³-hybridized carbons (Fsp3) is 0.200. The predicted octanol–water partition coefficient (Wildman–Crippen LogP) is 2.27. The molecule has 0 aliphatic heterocycles. The summed E-state index contributed by atoms with van der Waals surface area (Å²) in [5.74, 6) is -0.524. The second-order valence-corrected chi connectivity index (χ2v) is 3.57. The molecule has 0 saturated carbocycles. The number of phenols is 1. The maximum Gasteiger partial charge on any atom is 0.166 e. The number of hydrogen-bond donors (Lipinski definition) is 2. The molecule has 5 heteroatoms. The molecule has 0 fully saturated rings. The van der Waals surface area contributed by atoms with Crippen LogP contribution in [0.4, 0.5) is 4.39 Å². The minimum absolute atomic E-state index is 0.0902. The Bertz CT molecular complexity index is 393. The Morgan fingerprint density at radius 3 is 2.87 bits per heavy atom. The van der Waals surface area contributed by atoms with Gasteiger partial charge < -0.3 is 15.6 Å². The van der Waals surface area contributed by atoms with Gasteiger partial charge in [0.25, 0.3) is 0 Å². The van der Waals surface area contributed by atoms with Gasteiger partial charge in [-0.1, -0.05) is 12.2 Å². The molecule has 1 aromatic rings. The third kappa shape index (κ3) is 2.49. The lowest BCUT2D eigenvalue weighted by molar-refractivity contribution is 0.369. The summed E-state index contributed by atoms with van der Waals surface area (Å²) in [7, 11) is 1.36. The summed E-state index contributed by atoms with van der Waals surface area (Å²) in [5, 5.41) is 9.71. The summed E-state index contributed by atoms with van der Waals surface area (Å²) >= 11 is 3.04. The van der Waals surface area contributed by atoms with Crippen LogP contribution >= 0.6 is 15.9 Å². The van der Waals surface area contributed by atoms with Crippen molar-refractivity contribution in [3.8, 4) is 11.5 Å². The number of hydrogen-bond acceptors (Lipinski definition) is 3. The molecule has 15 heavy (non-hydrogen) atoms. The summed E-state index contributed by atoms with van der Waals surface area (Å²) in [6, 6.07) is 1.11. The van der Waals surface area contributed by atoms with E-state index in [1.54, 1.807) is 6.08 Å². The van der Waals surface area contributed by atoms with Gasteiger partial charge in [0, 0.05) is 18.2 Å². The molecular weight excluding hydrogens is 265 g/mol. The number of ether oxygens (including phenoxy) is 1. The van der Waals surface area contributed by atoms with Crippen molar-refractivity contribution < 1.29 is 14.2 Å². The molecule has 3 nitrogen and oxygen atoms in total. The lowest BCUT2D eigenvalue weighted by Gasteiger charge is -2.09.